The van der Waals surface area contributed by atoms with E-state index in [9.17, 15) is 80.5 Å². The number of aliphatic hydroxyl groups excluding tert-OH is 9. The summed E-state index contributed by atoms with van der Waals surface area (Å²) in [7, 11) is 0. The Morgan fingerprint density at radius 2 is 0.988 bits per heavy atom. The largest absolute Gasteiger partial charge is 0.504 e. The molecule has 4 aromatic carbocycles. The van der Waals surface area contributed by atoms with E-state index in [-0.39, 0.29) is 39.9 Å². The molecule has 13 N–H and O–H groups in total. The number of benzene rings is 4. The van der Waals surface area contributed by atoms with Crippen LogP contribution in [0.25, 0.3) is 34.4 Å². The van der Waals surface area contributed by atoms with Gasteiger partial charge in [0, 0.05) is 18.2 Å². The first kappa shape index (κ1) is 59.1. The number of carbonyl (C=O) groups excluding carboxylic acids is 3. The lowest BCUT2D eigenvalue weighted by molar-refractivity contribution is -0.278. The number of esters is 3. The summed E-state index contributed by atoms with van der Waals surface area (Å²) in [5.74, 6) is -6.07. The van der Waals surface area contributed by atoms with Gasteiger partial charge in [0.05, 0.1) is 17.0 Å². The van der Waals surface area contributed by atoms with Gasteiger partial charge in [-0.2, -0.15) is 0 Å². The Balaban J connectivity index is 0.868. The molecule has 0 amide bonds. The number of carboxylic acids is 1. The Bertz CT molecular complexity index is 3100. The number of hydrogen-bond donors (Lipinski definition) is 13. The second kappa shape index (κ2) is 26.0. The summed E-state index contributed by atoms with van der Waals surface area (Å²) in [6.07, 6.45) is -22.3. The maximum Gasteiger partial charge on any atom is 0.402 e. The minimum atomic E-state index is -1.87. The molecule has 81 heavy (non-hydrogen) atoms. The molecule has 3 aliphatic rings. The zero-order valence-corrected chi connectivity index (χ0v) is 42.0. The van der Waals surface area contributed by atoms with E-state index in [2.05, 4.69) is 0 Å². The summed E-state index contributed by atoms with van der Waals surface area (Å²) in [5, 5.41) is 135. The highest BCUT2D eigenvalue weighted by molar-refractivity contribution is 5.90. The van der Waals surface area contributed by atoms with Crippen LogP contribution in [0.2, 0.25) is 0 Å². The predicted molar refractivity (Wildman–Crippen MR) is 269 cm³/mol. The van der Waals surface area contributed by atoms with E-state index in [1.54, 1.807) is 30.3 Å². The molecule has 27 heteroatoms. The van der Waals surface area contributed by atoms with Crippen LogP contribution in [0.1, 0.15) is 17.5 Å². The van der Waals surface area contributed by atoms with Gasteiger partial charge in [-0.3, -0.25) is 9.59 Å². The molecular weight excluding hydrogens is 1080 g/mol. The molecule has 3 saturated heterocycles. The van der Waals surface area contributed by atoms with E-state index in [4.69, 9.17) is 52.2 Å². The fourth-order valence-electron chi connectivity index (χ4n) is 8.36. The van der Waals surface area contributed by atoms with Crippen molar-refractivity contribution in [2.45, 2.75) is 98.5 Å². The Hall–Kier alpha value is -8.03. The Kier molecular flexibility index (Phi) is 19.0. The number of aromatic hydroxyl groups is 3. The molecule has 4 heterocycles. The van der Waals surface area contributed by atoms with Gasteiger partial charge in [0.1, 0.15) is 105 Å². The highest BCUT2D eigenvalue weighted by atomic mass is 16.7. The van der Waals surface area contributed by atoms with Crippen molar-refractivity contribution in [3.8, 4) is 45.8 Å². The monoisotopic (exact) mass is 1140 g/mol. The molecule has 8 rings (SSSR count). The summed E-state index contributed by atoms with van der Waals surface area (Å²) >= 11 is 0. The van der Waals surface area contributed by atoms with E-state index in [1.165, 1.54) is 66.7 Å². The average Bonchev–Trinajstić information content (AvgIpc) is 3.51. The van der Waals surface area contributed by atoms with E-state index < -0.39 is 154 Å². The normalized spacial score (nSPS) is 28.5. The number of fused-ring (bicyclic) bond motifs is 1. The van der Waals surface area contributed by atoms with Crippen LogP contribution in [-0.2, 0) is 47.6 Å². The highest BCUT2D eigenvalue weighted by Crippen LogP contribution is 2.39. The van der Waals surface area contributed by atoms with Crippen molar-refractivity contribution in [1.82, 2.24) is 0 Å². The van der Waals surface area contributed by atoms with Crippen LogP contribution in [0.15, 0.2) is 108 Å². The Morgan fingerprint density at radius 3 is 1.51 bits per heavy atom. The summed E-state index contributed by atoms with van der Waals surface area (Å²) in [5.41, 5.74) is 1.14. The van der Waals surface area contributed by atoms with Gasteiger partial charge in [-0.1, -0.05) is 30.3 Å². The second-order valence-electron chi connectivity index (χ2n) is 18.6. The van der Waals surface area contributed by atoms with Crippen molar-refractivity contribution in [1.29, 1.82) is 0 Å². The molecule has 3 fully saturated rings. The van der Waals surface area contributed by atoms with Crippen LogP contribution in [0, 0.1) is 0 Å². The van der Waals surface area contributed by atoms with Crippen LogP contribution in [0.5, 0.6) is 34.5 Å². The van der Waals surface area contributed by atoms with Crippen molar-refractivity contribution in [2.75, 3.05) is 19.8 Å². The van der Waals surface area contributed by atoms with Crippen LogP contribution >= 0.6 is 0 Å². The molecule has 5 aromatic rings. The average molecular weight is 1140 g/mol. The molecule has 15 atom stereocenters. The molecule has 432 valence electrons. The number of phenols is 3. The third-order valence-electron chi connectivity index (χ3n) is 12.8. The van der Waals surface area contributed by atoms with Gasteiger partial charge in [-0.15, -0.1) is 0 Å². The molecule has 0 radical (unpaired) electrons. The molecule has 27 nitrogen and oxygen atoms in total. The molecule has 0 aliphatic carbocycles. The lowest BCUT2D eigenvalue weighted by atomic mass is 9.99. The van der Waals surface area contributed by atoms with Gasteiger partial charge >= 0.3 is 35.2 Å². The first-order chi connectivity index (χ1) is 38.6. The summed E-state index contributed by atoms with van der Waals surface area (Å²) < 4.78 is 56.0. The van der Waals surface area contributed by atoms with Gasteiger partial charge in [0.2, 0.25) is 24.6 Å². The fourth-order valence-corrected chi connectivity index (χ4v) is 8.36. The number of carboxylic acid groups (broad SMARTS) is 1. The predicted octanol–water partition coefficient (Wildman–Crippen LogP) is -0.412. The molecule has 0 saturated carbocycles. The fraction of sp³-hybridized carbons (Fsp3) is 0.352. The van der Waals surface area contributed by atoms with Gasteiger partial charge in [-0.05, 0) is 71.8 Å². The van der Waals surface area contributed by atoms with Gasteiger partial charge < -0.3 is 109 Å². The molecule has 1 aromatic heterocycles. The number of aliphatic carboxylic acids is 1. The van der Waals surface area contributed by atoms with Crippen molar-refractivity contribution < 1.29 is 133 Å². The number of carbonyl (C=O) groups is 4. The molecular formula is C54H55O27+. The van der Waals surface area contributed by atoms with Crippen LogP contribution in [0.3, 0.4) is 0 Å². The number of aliphatic hydroxyl groups is 9. The van der Waals surface area contributed by atoms with E-state index >= 15 is 0 Å². The Labute approximate surface area is 457 Å². The van der Waals surface area contributed by atoms with Gasteiger partial charge in [0.15, 0.2) is 23.0 Å². The maximum atomic E-state index is 12.9. The summed E-state index contributed by atoms with van der Waals surface area (Å²) in [6, 6.07) is 21.7. The lowest BCUT2D eigenvalue weighted by Gasteiger charge is -2.39. The summed E-state index contributed by atoms with van der Waals surface area (Å²) in [6.45, 7) is -1.98. The highest BCUT2D eigenvalue weighted by Gasteiger charge is 2.49. The maximum absolute atomic E-state index is 12.9. The van der Waals surface area contributed by atoms with Crippen LogP contribution in [-0.4, -0.2) is 202 Å². The third kappa shape index (κ3) is 14.5. The SMILES string of the molecule is O=C(O)CC(=O)OC[C@H]1O[C@@H](Oc2cc3ccc(O[C@@H]4O[C@H](COC(=O)/C=C/c5ccc(O[C@@H]6O[C@H](COC(=O)C=Cc7ccc(O)c(O)c7)[C@@H](O)[C@H](O)[C@H]6O)c(O)c5)[C@@H](O)[C@H](O)[C@H]4O)cc3[o+]c2-c2ccccc2)[C@H](O)[C@@H](O)[C@@H]1O. The topological polar surface area (TPSA) is 426 Å². The molecule has 0 unspecified atom stereocenters. The number of rotatable bonds is 19. The molecule has 0 spiro atoms. The van der Waals surface area contributed by atoms with Gasteiger partial charge in [-0.25, -0.2) is 14.0 Å². The quantitative estimate of drug-likeness (QED) is 0.0125. The molecule has 3 aliphatic heterocycles. The second-order valence-corrected chi connectivity index (χ2v) is 18.6. The third-order valence-corrected chi connectivity index (χ3v) is 12.8. The summed E-state index contributed by atoms with van der Waals surface area (Å²) in [4.78, 5) is 48.0. The smallest absolute Gasteiger partial charge is 0.402 e. The van der Waals surface area contributed by atoms with Crippen molar-refractivity contribution in [2.24, 2.45) is 0 Å². The van der Waals surface area contributed by atoms with E-state index in [0.717, 1.165) is 18.2 Å². The lowest BCUT2D eigenvalue weighted by Crippen LogP contribution is -2.60. The van der Waals surface area contributed by atoms with Crippen molar-refractivity contribution in [3.05, 3.63) is 114 Å². The minimum Gasteiger partial charge on any atom is -0.504 e. The van der Waals surface area contributed by atoms with E-state index in [1.807, 2.05) is 0 Å². The number of phenolic OH excluding ortho intramolecular Hbond substituents is 3. The Morgan fingerprint density at radius 1 is 0.494 bits per heavy atom. The molecule has 0 bridgehead atoms. The zero-order valence-electron chi connectivity index (χ0n) is 42.0. The number of ether oxygens (including phenoxy) is 9. The first-order valence-electron chi connectivity index (χ1n) is 24.6. The standard InChI is InChI=1S/C54H54O27/c55-29-12-6-24(16-30(29)56)8-14-39(60)73-22-36-43(64)46(67)49(70)53(80-36)77-32-13-7-25(17-31(32)57)9-15-40(61)72-21-35-42(63)45(66)48(69)52(79-35)75-28-11-10-27-18-34(51(76-33(27)19-28)26-4-2-1-3-5-26)78-54-50(71)47(68)44(65)37(81-54)23-74-41(62)20-38(58)59/h1-19,35-37,42-50,52-54,63-71H,20-23H2,(H3-,55,56,57,58,59,60)/p+1/b15-9+/t35-,36-,37-,42-,43-,44-,45+,46+,47+,48-,49-,50-,52-,53-,54-/m1/s1. The van der Waals surface area contributed by atoms with E-state index in [0.29, 0.717) is 16.5 Å². The van der Waals surface area contributed by atoms with Crippen molar-refractivity contribution >= 4 is 47.0 Å². The van der Waals surface area contributed by atoms with Crippen molar-refractivity contribution in [3.63, 3.8) is 0 Å². The first-order valence-corrected chi connectivity index (χ1v) is 24.6. The van der Waals surface area contributed by atoms with Crippen LogP contribution in [0.4, 0.5) is 0 Å². The minimum absolute atomic E-state index is 0.0101. The number of hydrogen-bond acceptors (Lipinski definition) is 25. The zero-order chi connectivity index (χ0) is 58.2. The van der Waals surface area contributed by atoms with Crippen LogP contribution < -0.4 is 14.2 Å². The van der Waals surface area contributed by atoms with Gasteiger partial charge in [0.25, 0.3) is 0 Å².